The lowest BCUT2D eigenvalue weighted by atomic mass is 9.82. The van der Waals surface area contributed by atoms with Crippen LogP contribution < -0.4 is 4.90 Å². The fourth-order valence-electron chi connectivity index (χ4n) is 9.40. The van der Waals surface area contributed by atoms with Gasteiger partial charge in [0.05, 0.1) is 16.7 Å². The fourth-order valence-corrected chi connectivity index (χ4v) is 9.40. The van der Waals surface area contributed by atoms with Gasteiger partial charge in [0, 0.05) is 38.8 Å². The van der Waals surface area contributed by atoms with Crippen LogP contribution in [0.5, 0.6) is 0 Å². The Labute approximate surface area is 321 Å². The lowest BCUT2D eigenvalue weighted by Gasteiger charge is -2.29. The lowest BCUT2D eigenvalue weighted by Crippen LogP contribution is -2.16. The van der Waals surface area contributed by atoms with Crippen molar-refractivity contribution >= 4 is 60.4 Å². The van der Waals surface area contributed by atoms with Crippen LogP contribution in [0.4, 0.5) is 17.1 Å². The van der Waals surface area contributed by atoms with Crippen LogP contribution in [0.1, 0.15) is 25.0 Å². The quantitative estimate of drug-likeness (QED) is 0.162. The highest BCUT2D eigenvalue weighted by molar-refractivity contribution is 6.13. The Morgan fingerprint density at radius 2 is 1.02 bits per heavy atom. The van der Waals surface area contributed by atoms with Crippen LogP contribution in [0.2, 0.25) is 0 Å². The van der Waals surface area contributed by atoms with Crippen molar-refractivity contribution in [1.29, 1.82) is 0 Å². The molecule has 1 aliphatic rings. The Morgan fingerprint density at radius 3 is 1.78 bits per heavy atom. The number of rotatable bonds is 5. The van der Waals surface area contributed by atoms with Crippen LogP contribution >= 0.6 is 0 Å². The van der Waals surface area contributed by atoms with E-state index in [1.165, 1.54) is 82.4 Å². The first kappa shape index (κ1) is 31.6. The monoisotopic (exact) mass is 702 g/mol. The van der Waals surface area contributed by atoms with Gasteiger partial charge in [-0.05, 0) is 104 Å². The largest absolute Gasteiger partial charge is 0.310 e. The number of aromatic nitrogens is 1. The van der Waals surface area contributed by atoms with Crippen molar-refractivity contribution in [3.05, 3.63) is 205 Å². The average molecular weight is 703 g/mol. The highest BCUT2D eigenvalue weighted by Gasteiger charge is 2.37. The van der Waals surface area contributed by atoms with Crippen molar-refractivity contribution in [2.75, 3.05) is 4.90 Å². The SMILES string of the molecule is CC1(C)c2ccccc2-c2c(N(c3ccc(-c4c5ccccc5cc5ccccc45)cc3)c3ccc4c5ccccc5n(-c5ccccc5)c4c3)cccc21. The normalized spacial score (nSPS) is 13.1. The summed E-state index contributed by atoms with van der Waals surface area (Å²) in [7, 11) is 0. The molecule has 1 aromatic heterocycles. The molecule has 0 spiro atoms. The molecule has 260 valence electrons. The van der Waals surface area contributed by atoms with Crippen molar-refractivity contribution in [2.45, 2.75) is 19.3 Å². The molecule has 2 heteroatoms. The minimum atomic E-state index is -0.115. The molecule has 55 heavy (non-hydrogen) atoms. The van der Waals surface area contributed by atoms with Gasteiger partial charge in [-0.25, -0.2) is 0 Å². The van der Waals surface area contributed by atoms with E-state index in [0.29, 0.717) is 0 Å². The van der Waals surface area contributed by atoms with Crippen LogP contribution in [-0.4, -0.2) is 4.57 Å². The van der Waals surface area contributed by atoms with E-state index in [4.69, 9.17) is 0 Å². The molecule has 0 N–H and O–H groups in total. The van der Waals surface area contributed by atoms with E-state index >= 15 is 0 Å². The Morgan fingerprint density at radius 1 is 0.418 bits per heavy atom. The van der Waals surface area contributed by atoms with E-state index in [2.05, 4.69) is 217 Å². The summed E-state index contributed by atoms with van der Waals surface area (Å²) in [6, 6.07) is 71.4. The number of anilines is 3. The summed E-state index contributed by atoms with van der Waals surface area (Å²) >= 11 is 0. The molecule has 0 aliphatic heterocycles. The second-order valence-electron chi connectivity index (χ2n) is 15.3. The molecular weight excluding hydrogens is 665 g/mol. The van der Waals surface area contributed by atoms with E-state index in [9.17, 15) is 0 Å². The standard InChI is InChI=1S/C53H38N2/c1-53(2)46-23-12-10-22-45(46)52-47(53)24-14-26-49(52)54(40-31-32-44-43-21-11-13-25-48(43)55(50(44)34-40)38-17-4-3-5-18-38)39-29-27-35(28-30-39)51-41-19-8-6-15-36(41)33-37-16-7-9-20-42(37)51/h3-34H,1-2H3. The second-order valence-corrected chi connectivity index (χ2v) is 15.3. The van der Waals surface area contributed by atoms with Gasteiger partial charge in [-0.1, -0.05) is 153 Å². The molecule has 11 rings (SSSR count). The van der Waals surface area contributed by atoms with E-state index in [1.807, 2.05) is 0 Å². The molecule has 0 unspecified atom stereocenters. The minimum absolute atomic E-state index is 0.115. The van der Waals surface area contributed by atoms with Gasteiger partial charge in [0.15, 0.2) is 0 Å². The molecule has 0 saturated heterocycles. The first-order chi connectivity index (χ1) is 27.1. The maximum Gasteiger partial charge on any atom is 0.0561 e. The van der Waals surface area contributed by atoms with Gasteiger partial charge < -0.3 is 9.47 Å². The summed E-state index contributed by atoms with van der Waals surface area (Å²) in [5.41, 5.74) is 14.7. The molecule has 0 radical (unpaired) electrons. The topological polar surface area (TPSA) is 8.17 Å². The molecule has 2 nitrogen and oxygen atoms in total. The zero-order valence-corrected chi connectivity index (χ0v) is 30.9. The Kier molecular flexibility index (Phi) is 6.93. The third kappa shape index (κ3) is 4.74. The third-order valence-electron chi connectivity index (χ3n) is 11.9. The predicted octanol–water partition coefficient (Wildman–Crippen LogP) is 14.5. The Balaban J connectivity index is 1.17. The number of nitrogens with zero attached hydrogens (tertiary/aromatic N) is 2. The van der Waals surface area contributed by atoms with Gasteiger partial charge in [0.1, 0.15) is 0 Å². The third-order valence-corrected chi connectivity index (χ3v) is 11.9. The number of benzene rings is 9. The zero-order chi connectivity index (χ0) is 36.7. The molecule has 10 aromatic rings. The van der Waals surface area contributed by atoms with Gasteiger partial charge in [0.25, 0.3) is 0 Å². The zero-order valence-electron chi connectivity index (χ0n) is 30.9. The Bertz CT molecular complexity index is 3060. The molecule has 0 atom stereocenters. The summed E-state index contributed by atoms with van der Waals surface area (Å²) in [5.74, 6) is 0. The molecule has 0 amide bonds. The van der Waals surface area contributed by atoms with Crippen molar-refractivity contribution in [2.24, 2.45) is 0 Å². The second kappa shape index (κ2) is 12.1. The maximum atomic E-state index is 2.48. The average Bonchev–Trinajstić information content (AvgIpc) is 3.69. The van der Waals surface area contributed by atoms with E-state index in [-0.39, 0.29) is 5.41 Å². The summed E-state index contributed by atoms with van der Waals surface area (Å²) < 4.78 is 2.41. The molecular formula is C53H38N2. The van der Waals surface area contributed by atoms with Crippen LogP contribution in [-0.2, 0) is 5.41 Å². The van der Waals surface area contributed by atoms with Crippen LogP contribution in [0.25, 0.3) is 71.3 Å². The molecule has 0 fully saturated rings. The van der Waals surface area contributed by atoms with Gasteiger partial charge >= 0.3 is 0 Å². The molecule has 1 heterocycles. The first-order valence-corrected chi connectivity index (χ1v) is 19.2. The van der Waals surface area contributed by atoms with Crippen molar-refractivity contribution in [3.63, 3.8) is 0 Å². The molecule has 0 bridgehead atoms. The van der Waals surface area contributed by atoms with E-state index in [1.54, 1.807) is 0 Å². The molecule has 0 saturated carbocycles. The molecule has 1 aliphatic carbocycles. The lowest BCUT2D eigenvalue weighted by molar-refractivity contribution is 0.660. The van der Waals surface area contributed by atoms with E-state index < -0.39 is 0 Å². The van der Waals surface area contributed by atoms with Crippen LogP contribution in [0.3, 0.4) is 0 Å². The van der Waals surface area contributed by atoms with Crippen molar-refractivity contribution in [1.82, 2.24) is 4.57 Å². The smallest absolute Gasteiger partial charge is 0.0561 e. The summed E-state index contributed by atoms with van der Waals surface area (Å²) in [5, 5.41) is 7.54. The van der Waals surface area contributed by atoms with Gasteiger partial charge in [-0.15, -0.1) is 0 Å². The van der Waals surface area contributed by atoms with Gasteiger partial charge in [0.2, 0.25) is 0 Å². The number of fused-ring (bicyclic) bond motifs is 8. The Hall–Kier alpha value is -6.90. The maximum absolute atomic E-state index is 2.48. The predicted molar refractivity (Wildman–Crippen MR) is 233 cm³/mol. The summed E-state index contributed by atoms with van der Waals surface area (Å²) in [6.07, 6.45) is 0. The van der Waals surface area contributed by atoms with Crippen molar-refractivity contribution < 1.29 is 0 Å². The highest BCUT2D eigenvalue weighted by atomic mass is 15.1. The summed E-state index contributed by atoms with van der Waals surface area (Å²) in [6.45, 7) is 4.72. The highest BCUT2D eigenvalue weighted by Crippen LogP contribution is 2.54. The van der Waals surface area contributed by atoms with Gasteiger partial charge in [-0.2, -0.15) is 0 Å². The summed E-state index contributed by atoms with van der Waals surface area (Å²) in [4.78, 5) is 2.48. The van der Waals surface area contributed by atoms with Crippen molar-refractivity contribution in [3.8, 4) is 27.9 Å². The minimum Gasteiger partial charge on any atom is -0.310 e. The number of para-hydroxylation sites is 2. The van der Waals surface area contributed by atoms with E-state index in [0.717, 1.165) is 17.1 Å². The molecule has 9 aromatic carbocycles. The fraction of sp³-hybridized carbons (Fsp3) is 0.0566. The first-order valence-electron chi connectivity index (χ1n) is 19.2. The van der Waals surface area contributed by atoms with Crippen LogP contribution in [0.15, 0.2) is 194 Å². The van der Waals surface area contributed by atoms with Gasteiger partial charge in [-0.3, -0.25) is 0 Å². The van der Waals surface area contributed by atoms with Crippen LogP contribution in [0, 0.1) is 0 Å². The number of hydrogen-bond donors (Lipinski definition) is 0. The number of hydrogen-bond acceptors (Lipinski definition) is 1.